The molecule has 2 aromatic rings. The third-order valence-corrected chi connectivity index (χ3v) is 3.34. The molecule has 0 amide bonds. The Morgan fingerprint density at radius 3 is 2.86 bits per heavy atom. The van der Waals surface area contributed by atoms with Crippen molar-refractivity contribution in [2.24, 2.45) is 0 Å². The molecule has 2 aromatic heterocycles. The Hall–Kier alpha value is -2.08. The normalized spacial score (nSPS) is 29.3. The van der Waals surface area contributed by atoms with Gasteiger partial charge in [-0.2, -0.15) is 14.9 Å². The van der Waals surface area contributed by atoms with Gasteiger partial charge in [0.1, 0.15) is 17.7 Å². The maximum absolute atomic E-state index is 12.7. The molecule has 6 N–H and O–H groups in total. The molecule has 0 bridgehead atoms. The zero-order chi connectivity index (χ0) is 15.1. The monoisotopic (exact) mass is 300 g/mol. The third-order valence-electron chi connectivity index (χ3n) is 3.34. The van der Waals surface area contributed by atoms with E-state index >= 15 is 0 Å². The largest absolute Gasteiger partial charge is 0.394 e. The van der Waals surface area contributed by atoms with E-state index in [0.717, 1.165) is 0 Å². The van der Waals surface area contributed by atoms with Crippen molar-refractivity contribution in [2.75, 3.05) is 18.1 Å². The van der Waals surface area contributed by atoms with Crippen LogP contribution in [0.5, 0.6) is 0 Å². The number of aromatic nitrogens is 4. The van der Waals surface area contributed by atoms with E-state index in [2.05, 4.69) is 19.9 Å². The number of ether oxygens (including phenoxy) is 1. The van der Waals surface area contributed by atoms with Gasteiger partial charge in [-0.25, -0.2) is 4.98 Å². The number of hydrogen-bond donors (Lipinski definition) is 4. The molecule has 1 fully saturated rings. The van der Waals surface area contributed by atoms with Crippen LogP contribution < -0.4 is 11.5 Å². The Morgan fingerprint density at radius 2 is 2.19 bits per heavy atom. The second kappa shape index (κ2) is 5.04. The molecule has 0 aromatic carbocycles. The van der Waals surface area contributed by atoms with Crippen molar-refractivity contribution in [3.05, 3.63) is 6.33 Å². The van der Waals surface area contributed by atoms with E-state index in [9.17, 15) is 9.63 Å². The molecule has 1 aliphatic heterocycles. The van der Waals surface area contributed by atoms with Crippen LogP contribution >= 0.6 is 0 Å². The van der Waals surface area contributed by atoms with Gasteiger partial charge in [0.2, 0.25) is 5.95 Å². The zero-order valence-electron chi connectivity index (χ0n) is 10.6. The predicted octanol–water partition coefficient (Wildman–Crippen LogP) is -1.49. The number of nitrogen functional groups attached to an aromatic ring is 2. The standard InChI is InChI=1S/C10H13FN6O4/c11-21-6-5(19)3(1-18)20-9(6)17-2-14-4-7(12)15-10(13)16-8(4)17/h2-3,5-6,9,18-19H,1H2,(H4,12,13,15,16)/t3-,5?,6?,9-/m1/s1. The van der Waals surface area contributed by atoms with Gasteiger partial charge in [0.25, 0.3) is 0 Å². The summed E-state index contributed by atoms with van der Waals surface area (Å²) in [5, 5.41) is 18.9. The maximum Gasteiger partial charge on any atom is 0.224 e. The van der Waals surface area contributed by atoms with Crippen molar-refractivity contribution in [2.45, 2.75) is 24.5 Å². The Labute approximate surface area is 117 Å². The molecular formula is C10H13FN6O4. The maximum atomic E-state index is 12.7. The number of aliphatic hydroxyl groups is 2. The van der Waals surface area contributed by atoms with Crippen LogP contribution in [0.25, 0.3) is 11.2 Å². The highest BCUT2D eigenvalue weighted by molar-refractivity contribution is 5.82. The van der Waals surface area contributed by atoms with Crippen LogP contribution in [-0.2, 0) is 9.68 Å². The summed E-state index contributed by atoms with van der Waals surface area (Å²) in [6.45, 7) is -0.497. The number of halogens is 1. The first-order valence-corrected chi connectivity index (χ1v) is 6.04. The van der Waals surface area contributed by atoms with Crippen LogP contribution in [0.2, 0.25) is 0 Å². The van der Waals surface area contributed by atoms with Gasteiger partial charge in [-0.3, -0.25) is 4.57 Å². The molecule has 21 heavy (non-hydrogen) atoms. The fraction of sp³-hybridized carbons (Fsp3) is 0.500. The zero-order valence-corrected chi connectivity index (χ0v) is 10.6. The average molecular weight is 300 g/mol. The van der Waals surface area contributed by atoms with E-state index in [1.165, 1.54) is 10.9 Å². The molecule has 4 atom stereocenters. The number of imidazole rings is 1. The highest BCUT2D eigenvalue weighted by Gasteiger charge is 2.47. The molecule has 0 radical (unpaired) electrons. The van der Waals surface area contributed by atoms with Crippen LogP contribution in [-0.4, -0.2) is 54.7 Å². The smallest absolute Gasteiger partial charge is 0.224 e. The Morgan fingerprint density at radius 1 is 1.43 bits per heavy atom. The third kappa shape index (κ3) is 2.06. The summed E-state index contributed by atoms with van der Waals surface area (Å²) in [6, 6.07) is 0. The fourth-order valence-corrected chi connectivity index (χ4v) is 2.33. The Kier molecular flexibility index (Phi) is 3.33. The van der Waals surface area contributed by atoms with Crippen molar-refractivity contribution in [3.8, 4) is 0 Å². The van der Waals surface area contributed by atoms with E-state index in [1.807, 2.05) is 0 Å². The van der Waals surface area contributed by atoms with Gasteiger partial charge in [0, 0.05) is 0 Å². The number of anilines is 2. The topological polar surface area (TPSA) is 155 Å². The van der Waals surface area contributed by atoms with Crippen LogP contribution in [0, 0.1) is 0 Å². The van der Waals surface area contributed by atoms with Crippen LogP contribution in [0.4, 0.5) is 16.3 Å². The predicted molar refractivity (Wildman–Crippen MR) is 67.1 cm³/mol. The second-order valence-electron chi connectivity index (χ2n) is 4.58. The van der Waals surface area contributed by atoms with Gasteiger partial charge in [0.15, 0.2) is 23.8 Å². The van der Waals surface area contributed by atoms with E-state index in [-0.39, 0.29) is 22.9 Å². The lowest BCUT2D eigenvalue weighted by Gasteiger charge is -2.17. The first-order chi connectivity index (χ1) is 10.1. The number of rotatable bonds is 3. The number of aliphatic hydroxyl groups excluding tert-OH is 2. The summed E-state index contributed by atoms with van der Waals surface area (Å²) in [7, 11) is 0. The second-order valence-corrected chi connectivity index (χ2v) is 4.58. The molecular weight excluding hydrogens is 287 g/mol. The summed E-state index contributed by atoms with van der Waals surface area (Å²) in [4.78, 5) is 15.5. The summed E-state index contributed by atoms with van der Waals surface area (Å²) >= 11 is 0. The lowest BCUT2D eigenvalue weighted by Crippen LogP contribution is -2.33. The molecule has 10 nitrogen and oxygen atoms in total. The molecule has 3 rings (SSSR count). The van der Waals surface area contributed by atoms with Crippen molar-refractivity contribution in [3.63, 3.8) is 0 Å². The molecule has 1 saturated heterocycles. The van der Waals surface area contributed by atoms with Crippen molar-refractivity contribution in [1.82, 2.24) is 19.5 Å². The van der Waals surface area contributed by atoms with E-state index in [0.29, 0.717) is 0 Å². The Balaban J connectivity index is 2.08. The highest BCUT2D eigenvalue weighted by atomic mass is 19.3. The Bertz CT molecular complexity index is 666. The summed E-state index contributed by atoms with van der Waals surface area (Å²) in [6.07, 6.45) is -3.49. The molecule has 0 spiro atoms. The van der Waals surface area contributed by atoms with Crippen molar-refractivity contribution >= 4 is 22.9 Å². The molecule has 11 heteroatoms. The van der Waals surface area contributed by atoms with Crippen LogP contribution in [0.15, 0.2) is 6.33 Å². The van der Waals surface area contributed by atoms with Gasteiger partial charge in [-0.1, -0.05) is 0 Å². The minimum atomic E-state index is -1.35. The number of nitrogens with zero attached hydrogens (tertiary/aromatic N) is 4. The first-order valence-electron chi connectivity index (χ1n) is 6.04. The quantitative estimate of drug-likeness (QED) is 0.530. The molecule has 3 heterocycles. The van der Waals surface area contributed by atoms with Gasteiger partial charge in [-0.15, -0.1) is 0 Å². The van der Waals surface area contributed by atoms with Gasteiger partial charge in [-0.05, 0) is 4.53 Å². The minimum Gasteiger partial charge on any atom is -0.394 e. The lowest BCUT2D eigenvalue weighted by atomic mass is 10.1. The summed E-state index contributed by atoms with van der Waals surface area (Å²) < 4.78 is 19.4. The number of nitrogens with two attached hydrogens (primary N) is 2. The molecule has 1 aliphatic rings. The molecule has 2 unspecified atom stereocenters. The van der Waals surface area contributed by atoms with E-state index in [1.54, 1.807) is 0 Å². The molecule has 0 aliphatic carbocycles. The van der Waals surface area contributed by atoms with E-state index in [4.69, 9.17) is 21.3 Å². The summed E-state index contributed by atoms with van der Waals surface area (Å²) in [5.41, 5.74) is 11.7. The first kappa shape index (κ1) is 13.9. The fourth-order valence-electron chi connectivity index (χ4n) is 2.33. The van der Waals surface area contributed by atoms with Crippen molar-refractivity contribution in [1.29, 1.82) is 0 Å². The number of hydrogen-bond acceptors (Lipinski definition) is 9. The van der Waals surface area contributed by atoms with Gasteiger partial charge in [0.05, 0.1) is 12.9 Å². The van der Waals surface area contributed by atoms with Crippen molar-refractivity contribution < 1.29 is 24.4 Å². The van der Waals surface area contributed by atoms with Crippen LogP contribution in [0.3, 0.4) is 0 Å². The lowest BCUT2D eigenvalue weighted by molar-refractivity contribution is -0.220. The minimum absolute atomic E-state index is 0.0613. The SMILES string of the molecule is Nc1nc(N)c2ncn([C@@H]3O[C@H](CO)C(O)C3OF)c2n1. The molecule has 0 saturated carbocycles. The van der Waals surface area contributed by atoms with E-state index < -0.39 is 31.1 Å². The van der Waals surface area contributed by atoms with Gasteiger partial charge < -0.3 is 26.4 Å². The summed E-state index contributed by atoms with van der Waals surface area (Å²) in [5.74, 6) is -0.0251. The van der Waals surface area contributed by atoms with Gasteiger partial charge >= 0.3 is 0 Å². The average Bonchev–Trinajstić information content (AvgIpc) is 2.99. The number of fused-ring (bicyclic) bond motifs is 1. The molecule has 114 valence electrons. The highest BCUT2D eigenvalue weighted by Crippen LogP contribution is 2.34. The van der Waals surface area contributed by atoms with Crippen LogP contribution in [0.1, 0.15) is 6.23 Å².